The minimum atomic E-state index is -4.58. The zero-order chi connectivity index (χ0) is 149. The van der Waals surface area contributed by atoms with Crippen LogP contribution in [-0.4, -0.2) is 201 Å². The second-order valence-electron chi connectivity index (χ2n) is 28.7. The molecule has 0 amide bonds. The van der Waals surface area contributed by atoms with Crippen LogP contribution in [0.25, 0.3) is 0 Å². The second kappa shape index (κ2) is 43.9. The van der Waals surface area contributed by atoms with Gasteiger partial charge in [0.1, 0.15) is 48.5 Å². The smallest absolute Gasteiger partial charge is 0.323 e. The molecule has 120 heavy (non-hydrogen) atoms. The predicted octanol–water partition coefficient (Wildman–Crippen LogP) is 14.3. The van der Waals surface area contributed by atoms with Crippen LogP contribution >= 0.6 is 0 Å². The van der Waals surface area contributed by atoms with E-state index < -0.39 is 410 Å². The van der Waals surface area contributed by atoms with Crippen molar-refractivity contribution in [3.05, 3.63) is 93.0 Å². The molecule has 0 saturated carbocycles. The summed E-state index contributed by atoms with van der Waals surface area (Å²) in [6.07, 6.45) is -59.4. The van der Waals surface area contributed by atoms with Gasteiger partial charge in [-0.15, -0.1) is 0 Å². The fourth-order valence-corrected chi connectivity index (χ4v) is 11.8. The molecule has 8 N–H and O–H groups in total. The van der Waals surface area contributed by atoms with Gasteiger partial charge in [-0.25, -0.2) is 0 Å². The zero-order valence-corrected chi connectivity index (χ0v) is 69.3. The molecule has 0 aromatic heterocycles. The minimum absolute atomic E-state index is 0.00138. The summed E-state index contributed by atoms with van der Waals surface area (Å²) in [5.74, 6) is -43.0. The lowest BCUT2D eigenvalue weighted by molar-refractivity contribution is -0.161. The maximum absolute atomic E-state index is 13.4. The van der Waals surface area contributed by atoms with Crippen molar-refractivity contribution in [2.24, 2.45) is 93.8 Å². The Balaban J connectivity index is 0.000000274. The first-order chi connectivity index (χ1) is 83.3. The molecule has 4 aromatic rings. The molecule has 0 aliphatic carbocycles. The predicted molar refractivity (Wildman–Crippen MR) is 471 cm³/mol. The van der Waals surface area contributed by atoms with Gasteiger partial charge in [-0.2, -0.15) is 0 Å². The first-order valence-corrected chi connectivity index (χ1v) is 37.2. The van der Waals surface area contributed by atoms with Crippen LogP contribution in [0.4, 0.5) is 0 Å². The van der Waals surface area contributed by atoms with Crippen molar-refractivity contribution in [3.63, 3.8) is 0 Å². The van der Waals surface area contributed by atoms with Crippen LogP contribution in [0, 0.1) is 70.8 Å². The molecule has 0 radical (unpaired) electrons. The fraction of sp³-hybridized carbons (Fsp3) is 0.708. The largest absolute Gasteiger partial charge is 0.493 e. The second-order valence-corrected chi connectivity index (χ2v) is 28.7. The third-order valence-corrected chi connectivity index (χ3v) is 18.5. The highest BCUT2D eigenvalue weighted by molar-refractivity contribution is 5.77. The topological polar surface area (TPSA) is 296 Å². The van der Waals surface area contributed by atoms with E-state index in [-0.39, 0.29) is 37.7 Å². The van der Waals surface area contributed by atoms with E-state index in [1.54, 1.807) is 0 Å². The van der Waals surface area contributed by atoms with Gasteiger partial charge in [-0.3, -0.25) is 38.8 Å². The summed E-state index contributed by atoms with van der Waals surface area (Å²) in [6, 6.07) is -10.6. The van der Waals surface area contributed by atoms with Gasteiger partial charge < -0.3 is 79.8 Å². The quantitative estimate of drug-likeness (QED) is 0.0303. The van der Waals surface area contributed by atoms with Crippen LogP contribution in [-0.2, 0) is 63.6 Å². The van der Waals surface area contributed by atoms with Crippen molar-refractivity contribution in [3.8, 4) is 46.0 Å². The first kappa shape index (κ1) is 39.2. The summed E-state index contributed by atoms with van der Waals surface area (Å²) in [4.78, 5) is 52.6. The number of ether oxygens (including phenoxy) is 12. The number of nitrogens with two attached hydrogens (primary N) is 4. The molecule has 0 spiro atoms. The molecule has 672 valence electrons. The average molecular weight is 1740 g/mol. The number of hydrogen-bond acceptors (Lipinski definition) is 24. The number of benzene rings is 4. The Hall–Kier alpha value is -7.16. The van der Waals surface area contributed by atoms with Crippen LogP contribution in [0.1, 0.15) is 325 Å². The van der Waals surface area contributed by atoms with Crippen molar-refractivity contribution >= 4 is 23.9 Å². The van der Waals surface area contributed by atoms with Gasteiger partial charge in [0.05, 0.1) is 69.1 Å². The lowest BCUT2D eigenvalue weighted by Gasteiger charge is -2.47. The Labute approximate surface area is 815 Å². The third-order valence-electron chi connectivity index (χ3n) is 18.5. The number of aryl methyl sites for hydroxylation is 4. The molecule has 20 atom stereocenters. The van der Waals surface area contributed by atoms with Gasteiger partial charge in [-0.1, -0.05) is 110 Å². The summed E-state index contributed by atoms with van der Waals surface area (Å²) in [6.45, 7) is -32.7. The molecule has 0 bridgehead atoms. The molecule has 12 rings (SSSR count). The van der Waals surface area contributed by atoms with Crippen molar-refractivity contribution in [2.75, 3.05) is 109 Å². The van der Waals surface area contributed by atoms with E-state index in [9.17, 15) is 50.7 Å². The van der Waals surface area contributed by atoms with Crippen LogP contribution in [0.5, 0.6) is 46.0 Å². The number of fused-ring (bicyclic) bond motifs is 12. The standard InChI is InChI=1S/4C24H38N2O4/c4*1-14(2)9-17-13-26-8-7-16-10-21(28-5)22(29-6)11-18(16)19(26)12-20(17)30-24(27)23(25)15(3)4/h4*10-11,14-15,17,19-20,23H,7-9,12-13,25H2,1-6H3/t4*17?,19?,20?,23-/m0000/s1/i1D3,5D3,7D2,8D2,9D2,12D2,13D2,14D,17D,19D,20D;1D3,7D2,8D2,9D2,12D2,13D2,14D,17D,20D;1D3,5D3,7D2,8D2,9D2,12D2,13D2,14D,17D;1D3,7D2,8D2,9D2,12D2,13D2,14D,17D/t4*14?,17?,19?,20?,23-. The Morgan fingerprint density at radius 1 is 0.375 bits per heavy atom. The van der Waals surface area contributed by atoms with Crippen LogP contribution in [0.2, 0.25) is 0 Å². The number of nitrogens with zero attached hydrogens (tertiary/aromatic N) is 4. The number of methoxy groups -OCH3 is 8. The summed E-state index contributed by atoms with van der Waals surface area (Å²) >= 11 is 0. The fourth-order valence-electron chi connectivity index (χ4n) is 11.8. The SMILES string of the molecule is [2H]C([2H])([2H])C([2H])(C)C([2H])([2H])C1([2H])C([2H])([2H])N2C(c3cc(OC)c(OC)cc3C([2H])([2H])C2([2H])[2H])C([2H])([2H])C1([2H])OC(=O)[C@@H](N)C(C)C.[2H]C([2H])([2H])Oc1cc2c(cc1OC)C1([2H])N(C([2H])([2H])C2([2H])[2H])C([2H])([2H])C([2H])(C([2H])([2H])C([2H])(C)C([2H])([2H])[2H])C([2H])(OC(=O)[C@@H](N)C(C)C)C1([2H])[2H].[2H]C([2H])([2H])Oc1cc2c(cc1OC)C1N(C([2H])([2H])C2([2H])[2H])C([2H])([2H])C([2H])(C([2H])([2H])C([2H])(C)C([2H])([2H])[2H])C(OC(=O)[C@@H](N)C(C)C)C1([2H])[2H].[2H]C1([2H])C2c3cc(OC)c(OC)cc3C([2H])([2H])C([2H])([2H])N2C([2H])([2H])C([2H])(C([2H])([2H])C([2H])(C)C([2H])([2H])[2H])C1OC(=O)[C@@H](N)C(C)C. The molecule has 8 heterocycles. The van der Waals surface area contributed by atoms with Crippen LogP contribution in [0.3, 0.4) is 0 Å². The number of rotatable bonds is 28. The summed E-state index contributed by atoms with van der Waals surface area (Å²) in [5.41, 5.74) is 18.2. The highest BCUT2D eigenvalue weighted by atomic mass is 16.6. The summed E-state index contributed by atoms with van der Waals surface area (Å²) in [5, 5.41) is 0. The van der Waals surface area contributed by atoms with Crippen molar-refractivity contribution in [1.82, 2.24) is 19.6 Å². The molecule has 4 saturated heterocycles. The monoisotopic (exact) mass is 1740 g/mol. The minimum Gasteiger partial charge on any atom is -0.493 e. The van der Waals surface area contributed by atoms with Crippen molar-refractivity contribution in [1.29, 1.82) is 0 Å². The van der Waals surface area contributed by atoms with Crippen molar-refractivity contribution < 1.29 is 171 Å². The number of piperidine rings is 4. The molecular formula is C96H152N8O16. The Bertz CT molecular complexity index is 7350. The Morgan fingerprint density at radius 3 is 0.950 bits per heavy atom. The van der Waals surface area contributed by atoms with E-state index in [2.05, 4.69) is 0 Å². The Kier molecular flexibility index (Phi) is 14.3. The molecule has 16 unspecified atom stereocenters. The van der Waals surface area contributed by atoms with Crippen LogP contribution < -0.4 is 60.8 Å². The Morgan fingerprint density at radius 2 is 0.633 bits per heavy atom. The maximum atomic E-state index is 13.4. The van der Waals surface area contributed by atoms with E-state index in [1.165, 1.54) is 83.8 Å². The van der Waals surface area contributed by atoms with E-state index in [0.717, 1.165) is 50.6 Å². The molecular weight excluding hydrogens is 1520 g/mol. The van der Waals surface area contributed by atoms with E-state index in [1.807, 2.05) is 0 Å². The van der Waals surface area contributed by atoms with E-state index in [4.69, 9.17) is 143 Å². The normalized spacial score (nSPS) is 47.5. The van der Waals surface area contributed by atoms with Gasteiger partial charge in [0.15, 0.2) is 46.0 Å². The zero-order valence-electron chi connectivity index (χ0n) is 138. The third kappa shape index (κ3) is 23.8. The molecule has 4 aromatic carbocycles. The van der Waals surface area contributed by atoms with Gasteiger partial charge in [0.2, 0.25) is 0 Å². The van der Waals surface area contributed by atoms with Gasteiger partial charge >= 0.3 is 23.9 Å². The summed E-state index contributed by atoms with van der Waals surface area (Å²) in [7, 11) is 0.437. The van der Waals surface area contributed by atoms with Gasteiger partial charge in [0.25, 0.3) is 0 Å². The van der Waals surface area contributed by atoms with E-state index in [0.29, 0.717) is 39.8 Å². The number of carbonyl (C=O) groups is 4. The van der Waals surface area contributed by atoms with Crippen molar-refractivity contribution in [2.45, 2.75) is 260 Å². The first-order valence-electron chi connectivity index (χ1n) is 71.7. The molecule has 24 heteroatoms. The highest BCUT2D eigenvalue weighted by Crippen LogP contribution is 2.50. The number of esters is 4. The van der Waals surface area contributed by atoms with Gasteiger partial charge in [-0.05, 0) is 191 Å². The molecule has 8 aliphatic rings. The van der Waals surface area contributed by atoms with Gasteiger partial charge in [0, 0.05) is 207 Å². The van der Waals surface area contributed by atoms with Crippen LogP contribution in [0.15, 0.2) is 48.5 Å². The average Bonchev–Trinajstić information content (AvgIpc) is 0.622. The summed E-state index contributed by atoms with van der Waals surface area (Å²) < 4.78 is 663. The lowest BCUT2D eigenvalue weighted by atomic mass is 9.79. The molecule has 4 fully saturated rings. The lowest BCUT2D eigenvalue weighted by Crippen LogP contribution is -2.51. The number of carbonyl (C=O) groups excluding carboxylic acids is 4. The number of hydrogen-bond donors (Lipinski definition) is 4. The maximum Gasteiger partial charge on any atom is 0.323 e. The van der Waals surface area contributed by atoms with E-state index >= 15 is 0 Å². The molecule has 8 aliphatic heterocycles. The molecule has 24 nitrogen and oxygen atoms in total. The highest BCUT2D eigenvalue weighted by Gasteiger charge is 2.47.